The lowest BCUT2D eigenvalue weighted by Gasteiger charge is -2.11. The number of amides is 1. The van der Waals surface area contributed by atoms with E-state index in [-0.39, 0.29) is 11.9 Å². The number of ether oxygens (including phenoxy) is 1. The Morgan fingerprint density at radius 2 is 2.42 bits per heavy atom. The van der Waals surface area contributed by atoms with Gasteiger partial charge in [0.05, 0.1) is 19.2 Å². The number of rotatable bonds is 2. The second kappa shape index (κ2) is 6.37. The fraction of sp³-hybridized carbons (Fsp3) is 0.400. The normalized spacial score (nSPS) is 17.7. The molecule has 4 nitrogen and oxygen atoms in total. The Morgan fingerprint density at radius 3 is 3.05 bits per heavy atom. The number of hydrogen-bond acceptors (Lipinski definition) is 3. The van der Waals surface area contributed by atoms with Gasteiger partial charge in [-0.15, -0.1) is 0 Å². The van der Waals surface area contributed by atoms with Crippen LogP contribution in [0.1, 0.15) is 27.9 Å². The van der Waals surface area contributed by atoms with Gasteiger partial charge >= 0.3 is 0 Å². The van der Waals surface area contributed by atoms with Crippen molar-refractivity contribution in [1.82, 2.24) is 5.32 Å². The van der Waals surface area contributed by atoms with Gasteiger partial charge in [-0.1, -0.05) is 11.8 Å². The fourth-order valence-electron chi connectivity index (χ4n) is 2.01. The first kappa shape index (κ1) is 13.6. The number of carbonyl (C=O) groups excluding carboxylic acids is 1. The standard InChI is InChI=1S/C15H18N2O2/c1-11-9-13(5-4-12(11)3-2-7-16)15(18)17-14-6-8-19-10-14/h4-5,9,14H,6-8,10,16H2,1H3,(H,17,18). The molecule has 0 saturated carbocycles. The van der Waals surface area contributed by atoms with Crippen LogP contribution in [0, 0.1) is 18.8 Å². The summed E-state index contributed by atoms with van der Waals surface area (Å²) in [7, 11) is 0. The first-order valence-electron chi connectivity index (χ1n) is 6.39. The van der Waals surface area contributed by atoms with Gasteiger partial charge in [0.15, 0.2) is 0 Å². The van der Waals surface area contributed by atoms with Gasteiger partial charge in [0.1, 0.15) is 0 Å². The molecule has 0 spiro atoms. The maximum atomic E-state index is 12.1. The molecule has 0 bridgehead atoms. The van der Waals surface area contributed by atoms with E-state index in [1.807, 2.05) is 19.1 Å². The highest BCUT2D eigenvalue weighted by atomic mass is 16.5. The van der Waals surface area contributed by atoms with E-state index >= 15 is 0 Å². The molecule has 1 aromatic carbocycles. The predicted octanol–water partition coefficient (Wildman–Crippen LogP) is 0.824. The molecule has 1 atom stereocenters. The maximum absolute atomic E-state index is 12.1. The largest absolute Gasteiger partial charge is 0.379 e. The van der Waals surface area contributed by atoms with Crippen LogP contribution >= 0.6 is 0 Å². The Kier molecular flexibility index (Phi) is 4.56. The Hall–Kier alpha value is -1.83. The molecule has 1 amide bonds. The second-order valence-corrected chi connectivity index (χ2v) is 4.57. The highest BCUT2D eigenvalue weighted by Crippen LogP contribution is 2.11. The summed E-state index contributed by atoms with van der Waals surface area (Å²) >= 11 is 0. The zero-order valence-electron chi connectivity index (χ0n) is 11.0. The Balaban J connectivity index is 2.08. The first-order chi connectivity index (χ1) is 9.20. The third-order valence-electron chi connectivity index (χ3n) is 3.08. The average Bonchev–Trinajstić information content (AvgIpc) is 2.90. The topological polar surface area (TPSA) is 64.3 Å². The van der Waals surface area contributed by atoms with Gasteiger partial charge in [-0.05, 0) is 37.1 Å². The van der Waals surface area contributed by atoms with Crippen LogP contribution in [0.3, 0.4) is 0 Å². The lowest BCUT2D eigenvalue weighted by Crippen LogP contribution is -2.35. The second-order valence-electron chi connectivity index (χ2n) is 4.57. The first-order valence-corrected chi connectivity index (χ1v) is 6.39. The van der Waals surface area contributed by atoms with E-state index < -0.39 is 0 Å². The third kappa shape index (κ3) is 3.57. The zero-order chi connectivity index (χ0) is 13.7. The van der Waals surface area contributed by atoms with Crippen molar-refractivity contribution in [3.8, 4) is 11.8 Å². The molecule has 1 aromatic rings. The van der Waals surface area contributed by atoms with Crippen LogP contribution in [0.5, 0.6) is 0 Å². The van der Waals surface area contributed by atoms with Crippen LogP contribution in [0.2, 0.25) is 0 Å². The summed E-state index contributed by atoms with van der Waals surface area (Å²) in [6.45, 7) is 3.60. The van der Waals surface area contributed by atoms with Crippen molar-refractivity contribution >= 4 is 5.91 Å². The molecule has 4 heteroatoms. The molecule has 0 aromatic heterocycles. The molecule has 1 aliphatic heterocycles. The monoisotopic (exact) mass is 258 g/mol. The van der Waals surface area contributed by atoms with Crippen molar-refractivity contribution < 1.29 is 9.53 Å². The van der Waals surface area contributed by atoms with E-state index in [2.05, 4.69) is 17.2 Å². The van der Waals surface area contributed by atoms with Crippen LogP contribution in [-0.4, -0.2) is 31.7 Å². The number of carbonyl (C=O) groups is 1. The van der Waals surface area contributed by atoms with E-state index in [1.54, 1.807) is 6.07 Å². The molecule has 1 heterocycles. The Bertz CT molecular complexity index is 523. The SMILES string of the molecule is Cc1cc(C(=O)NC2CCOC2)ccc1C#CCN. The number of aryl methyl sites for hydroxylation is 1. The highest BCUT2D eigenvalue weighted by Gasteiger charge is 2.18. The Morgan fingerprint density at radius 1 is 1.58 bits per heavy atom. The molecule has 0 radical (unpaired) electrons. The third-order valence-corrected chi connectivity index (χ3v) is 3.08. The quantitative estimate of drug-likeness (QED) is 0.772. The maximum Gasteiger partial charge on any atom is 0.251 e. The summed E-state index contributed by atoms with van der Waals surface area (Å²) < 4.78 is 5.24. The molecule has 100 valence electrons. The molecule has 0 aliphatic carbocycles. The van der Waals surface area contributed by atoms with Crippen molar-refractivity contribution in [1.29, 1.82) is 0 Å². The summed E-state index contributed by atoms with van der Waals surface area (Å²) in [5.41, 5.74) is 7.89. The van der Waals surface area contributed by atoms with Gasteiger partial charge in [-0.3, -0.25) is 4.79 Å². The fourth-order valence-corrected chi connectivity index (χ4v) is 2.01. The minimum atomic E-state index is -0.0584. The van der Waals surface area contributed by atoms with Crippen LogP contribution in [0.15, 0.2) is 18.2 Å². The van der Waals surface area contributed by atoms with Crippen LogP contribution in [-0.2, 0) is 4.74 Å². The lowest BCUT2D eigenvalue weighted by atomic mass is 10.0. The minimum absolute atomic E-state index is 0.0584. The molecule has 3 N–H and O–H groups in total. The number of nitrogens with two attached hydrogens (primary N) is 1. The number of nitrogens with one attached hydrogen (secondary N) is 1. The smallest absolute Gasteiger partial charge is 0.251 e. The zero-order valence-corrected chi connectivity index (χ0v) is 11.0. The molecule has 19 heavy (non-hydrogen) atoms. The van der Waals surface area contributed by atoms with Crippen molar-refractivity contribution in [3.63, 3.8) is 0 Å². The molecule has 1 fully saturated rings. The van der Waals surface area contributed by atoms with Crippen LogP contribution in [0.4, 0.5) is 0 Å². The van der Waals surface area contributed by atoms with Gasteiger partial charge in [-0.2, -0.15) is 0 Å². The van der Waals surface area contributed by atoms with E-state index in [0.29, 0.717) is 18.7 Å². The summed E-state index contributed by atoms with van der Waals surface area (Å²) in [4.78, 5) is 12.1. The summed E-state index contributed by atoms with van der Waals surface area (Å²) in [5.74, 6) is 5.74. The van der Waals surface area contributed by atoms with Crippen molar-refractivity contribution in [3.05, 3.63) is 34.9 Å². The summed E-state index contributed by atoms with van der Waals surface area (Å²) in [6, 6.07) is 5.63. The van der Waals surface area contributed by atoms with E-state index in [9.17, 15) is 4.79 Å². The van der Waals surface area contributed by atoms with Gasteiger partial charge in [0.2, 0.25) is 0 Å². The van der Waals surface area contributed by atoms with Crippen molar-refractivity contribution in [2.24, 2.45) is 5.73 Å². The Labute approximate surface area is 113 Å². The van der Waals surface area contributed by atoms with Gasteiger partial charge in [0, 0.05) is 17.7 Å². The van der Waals surface area contributed by atoms with Gasteiger partial charge in [-0.25, -0.2) is 0 Å². The highest BCUT2D eigenvalue weighted by molar-refractivity contribution is 5.94. The molecular formula is C15H18N2O2. The average molecular weight is 258 g/mol. The summed E-state index contributed by atoms with van der Waals surface area (Å²) in [5, 5.41) is 2.97. The van der Waals surface area contributed by atoms with E-state index in [1.165, 1.54) is 0 Å². The minimum Gasteiger partial charge on any atom is -0.379 e. The van der Waals surface area contributed by atoms with Crippen molar-refractivity contribution in [2.75, 3.05) is 19.8 Å². The predicted molar refractivity (Wildman–Crippen MR) is 73.8 cm³/mol. The van der Waals surface area contributed by atoms with Gasteiger partial charge in [0.25, 0.3) is 5.91 Å². The molecular weight excluding hydrogens is 240 g/mol. The summed E-state index contributed by atoms with van der Waals surface area (Å²) in [6.07, 6.45) is 0.880. The van der Waals surface area contributed by atoms with Crippen molar-refractivity contribution in [2.45, 2.75) is 19.4 Å². The lowest BCUT2D eigenvalue weighted by molar-refractivity contribution is 0.0930. The van der Waals surface area contributed by atoms with Crippen LogP contribution in [0.25, 0.3) is 0 Å². The van der Waals surface area contributed by atoms with Crippen LogP contribution < -0.4 is 11.1 Å². The van der Waals surface area contributed by atoms with E-state index in [0.717, 1.165) is 24.2 Å². The molecule has 2 rings (SSSR count). The molecule has 1 saturated heterocycles. The number of benzene rings is 1. The molecule has 1 unspecified atom stereocenters. The van der Waals surface area contributed by atoms with E-state index in [4.69, 9.17) is 10.5 Å². The number of hydrogen-bond donors (Lipinski definition) is 2. The van der Waals surface area contributed by atoms with Gasteiger partial charge < -0.3 is 15.8 Å². The molecule has 1 aliphatic rings.